The van der Waals surface area contributed by atoms with Crippen LogP contribution in [0.5, 0.6) is 0 Å². The predicted molar refractivity (Wildman–Crippen MR) is 64.5 cm³/mol. The van der Waals surface area contributed by atoms with E-state index in [0.29, 0.717) is 0 Å². The number of hydrogen-bond donors (Lipinski definition) is 1. The average Bonchev–Trinajstić information content (AvgIpc) is 2.83. The van der Waals surface area contributed by atoms with Crippen molar-refractivity contribution < 1.29 is 5.11 Å². The Morgan fingerprint density at radius 2 is 2.18 bits per heavy atom. The maximum Gasteiger partial charge on any atom is 0.140 e. The second-order valence-electron chi connectivity index (χ2n) is 4.41. The Labute approximate surface area is 100.0 Å². The first-order valence-corrected chi connectivity index (χ1v) is 5.97. The molecule has 0 saturated carbocycles. The molecule has 4 nitrogen and oxygen atoms in total. The van der Waals surface area contributed by atoms with Crippen LogP contribution in [0.4, 0.5) is 0 Å². The highest BCUT2D eigenvalue weighted by atomic mass is 16.3. The van der Waals surface area contributed by atoms with Crippen LogP contribution in [0, 0.1) is 0 Å². The van der Waals surface area contributed by atoms with E-state index in [1.165, 1.54) is 5.69 Å². The molecule has 17 heavy (non-hydrogen) atoms. The van der Waals surface area contributed by atoms with Crippen molar-refractivity contribution in [1.29, 1.82) is 0 Å². The fourth-order valence-corrected chi connectivity index (χ4v) is 2.52. The largest absolute Gasteiger partial charge is 0.394 e. The number of aliphatic hydroxyl groups is 1. The molecule has 0 saturated heterocycles. The zero-order valence-corrected chi connectivity index (χ0v) is 9.58. The highest BCUT2D eigenvalue weighted by Crippen LogP contribution is 2.30. The molecule has 0 amide bonds. The Kier molecular flexibility index (Phi) is 2.65. The van der Waals surface area contributed by atoms with Crippen molar-refractivity contribution in [2.75, 3.05) is 6.61 Å². The Morgan fingerprint density at radius 3 is 2.94 bits per heavy atom. The summed E-state index contributed by atoms with van der Waals surface area (Å²) >= 11 is 0. The number of hydrogen-bond acceptors (Lipinski definition) is 3. The number of fused-ring (bicyclic) bond motifs is 1. The zero-order valence-electron chi connectivity index (χ0n) is 9.58. The smallest absolute Gasteiger partial charge is 0.140 e. The van der Waals surface area contributed by atoms with E-state index in [9.17, 15) is 5.11 Å². The first-order valence-electron chi connectivity index (χ1n) is 5.97. The van der Waals surface area contributed by atoms with Gasteiger partial charge in [0.2, 0.25) is 0 Å². The van der Waals surface area contributed by atoms with Crippen LogP contribution in [0.2, 0.25) is 0 Å². The highest BCUT2D eigenvalue weighted by molar-refractivity contribution is 5.55. The molecular formula is C13H15N3O. The standard InChI is InChI=1S/C13H15N3O/c17-9-12-3-1-2-11-8-15-13(16(11)12)10-4-6-14-7-5-10/h4-8,12,17H,1-3,9H2. The molecular weight excluding hydrogens is 214 g/mol. The predicted octanol–water partition coefficient (Wildman–Crippen LogP) is 1.81. The minimum atomic E-state index is 0.171. The van der Waals surface area contributed by atoms with Crippen molar-refractivity contribution in [1.82, 2.24) is 14.5 Å². The summed E-state index contributed by atoms with van der Waals surface area (Å²) in [6, 6.07) is 4.08. The van der Waals surface area contributed by atoms with Gasteiger partial charge in [-0.1, -0.05) is 0 Å². The molecule has 1 N–H and O–H groups in total. The van der Waals surface area contributed by atoms with E-state index in [0.717, 1.165) is 30.7 Å². The van der Waals surface area contributed by atoms with Gasteiger partial charge >= 0.3 is 0 Å². The van der Waals surface area contributed by atoms with Gasteiger partial charge in [0.25, 0.3) is 0 Å². The van der Waals surface area contributed by atoms with Crippen molar-refractivity contribution in [2.24, 2.45) is 0 Å². The quantitative estimate of drug-likeness (QED) is 0.854. The molecule has 1 atom stereocenters. The number of aryl methyl sites for hydroxylation is 1. The summed E-state index contributed by atoms with van der Waals surface area (Å²) in [6.45, 7) is 0.182. The van der Waals surface area contributed by atoms with Gasteiger partial charge in [0.1, 0.15) is 5.82 Å². The molecule has 0 bridgehead atoms. The lowest BCUT2D eigenvalue weighted by Crippen LogP contribution is -2.21. The van der Waals surface area contributed by atoms with Gasteiger partial charge in [0, 0.05) is 29.8 Å². The van der Waals surface area contributed by atoms with E-state index in [1.807, 2.05) is 18.3 Å². The Bertz CT molecular complexity index is 507. The third-order valence-corrected chi connectivity index (χ3v) is 3.36. The van der Waals surface area contributed by atoms with Gasteiger partial charge < -0.3 is 9.67 Å². The number of aliphatic hydroxyl groups excluding tert-OH is 1. The topological polar surface area (TPSA) is 50.9 Å². The van der Waals surface area contributed by atoms with Crippen LogP contribution in [-0.4, -0.2) is 26.2 Å². The van der Waals surface area contributed by atoms with Gasteiger partial charge in [0.05, 0.1) is 12.6 Å². The fourth-order valence-electron chi connectivity index (χ4n) is 2.52. The maximum atomic E-state index is 9.47. The minimum Gasteiger partial charge on any atom is -0.394 e. The Morgan fingerprint density at radius 1 is 1.35 bits per heavy atom. The van der Waals surface area contributed by atoms with Gasteiger partial charge in [-0.2, -0.15) is 0 Å². The highest BCUT2D eigenvalue weighted by Gasteiger charge is 2.22. The minimum absolute atomic E-state index is 0.171. The summed E-state index contributed by atoms with van der Waals surface area (Å²) in [5, 5.41) is 9.47. The van der Waals surface area contributed by atoms with Crippen molar-refractivity contribution in [3.63, 3.8) is 0 Å². The van der Waals surface area contributed by atoms with Gasteiger partial charge in [-0.25, -0.2) is 4.98 Å². The van der Waals surface area contributed by atoms with E-state index in [-0.39, 0.29) is 12.6 Å². The molecule has 0 spiro atoms. The van der Waals surface area contributed by atoms with Gasteiger partial charge in [0.15, 0.2) is 0 Å². The summed E-state index contributed by atoms with van der Waals surface area (Å²) in [5.74, 6) is 0.946. The SMILES string of the molecule is OCC1CCCc2cnc(-c3ccncc3)n21. The zero-order chi connectivity index (χ0) is 11.7. The molecule has 0 aromatic carbocycles. The summed E-state index contributed by atoms with van der Waals surface area (Å²) < 4.78 is 2.18. The molecule has 3 heterocycles. The monoisotopic (exact) mass is 229 g/mol. The molecule has 1 aliphatic heterocycles. The number of nitrogens with zero attached hydrogens (tertiary/aromatic N) is 3. The Balaban J connectivity index is 2.10. The summed E-state index contributed by atoms with van der Waals surface area (Å²) in [6.07, 6.45) is 8.68. The van der Waals surface area contributed by atoms with Crippen LogP contribution in [0.25, 0.3) is 11.4 Å². The van der Waals surface area contributed by atoms with E-state index >= 15 is 0 Å². The van der Waals surface area contributed by atoms with Crippen molar-refractivity contribution in [3.05, 3.63) is 36.4 Å². The van der Waals surface area contributed by atoms with E-state index in [1.54, 1.807) is 12.4 Å². The lowest BCUT2D eigenvalue weighted by molar-refractivity contribution is 0.208. The first-order chi connectivity index (χ1) is 8.40. The number of imidazole rings is 1. The molecule has 2 aromatic heterocycles. The molecule has 2 aromatic rings. The summed E-state index contributed by atoms with van der Waals surface area (Å²) in [4.78, 5) is 8.51. The summed E-state index contributed by atoms with van der Waals surface area (Å²) in [5.41, 5.74) is 2.29. The molecule has 1 unspecified atom stereocenters. The van der Waals surface area contributed by atoms with Gasteiger partial charge in [-0.3, -0.25) is 4.98 Å². The summed E-state index contributed by atoms with van der Waals surface area (Å²) in [7, 11) is 0. The second-order valence-corrected chi connectivity index (χ2v) is 4.41. The average molecular weight is 229 g/mol. The molecule has 4 heteroatoms. The first kappa shape index (κ1) is 10.5. The van der Waals surface area contributed by atoms with Crippen molar-refractivity contribution in [2.45, 2.75) is 25.3 Å². The van der Waals surface area contributed by atoms with E-state index < -0.39 is 0 Å². The lowest BCUT2D eigenvalue weighted by atomic mass is 10.0. The Hall–Kier alpha value is -1.68. The number of rotatable bonds is 2. The van der Waals surface area contributed by atoms with Crippen LogP contribution in [0.15, 0.2) is 30.7 Å². The molecule has 1 aliphatic rings. The van der Waals surface area contributed by atoms with Crippen LogP contribution < -0.4 is 0 Å². The van der Waals surface area contributed by atoms with Crippen LogP contribution >= 0.6 is 0 Å². The van der Waals surface area contributed by atoms with Crippen LogP contribution in [0.1, 0.15) is 24.6 Å². The molecule has 0 radical (unpaired) electrons. The van der Waals surface area contributed by atoms with Crippen LogP contribution in [-0.2, 0) is 6.42 Å². The number of pyridine rings is 1. The fraction of sp³-hybridized carbons (Fsp3) is 0.385. The van der Waals surface area contributed by atoms with Crippen molar-refractivity contribution >= 4 is 0 Å². The molecule has 3 rings (SSSR count). The van der Waals surface area contributed by atoms with Crippen molar-refractivity contribution in [3.8, 4) is 11.4 Å². The third kappa shape index (κ3) is 1.74. The molecule has 88 valence electrons. The molecule has 0 aliphatic carbocycles. The lowest BCUT2D eigenvalue weighted by Gasteiger charge is -2.25. The third-order valence-electron chi connectivity index (χ3n) is 3.36. The van der Waals surface area contributed by atoms with E-state index in [2.05, 4.69) is 14.5 Å². The second kappa shape index (κ2) is 4.30. The number of aromatic nitrogens is 3. The van der Waals surface area contributed by atoms with E-state index in [4.69, 9.17) is 0 Å². The van der Waals surface area contributed by atoms with Crippen LogP contribution in [0.3, 0.4) is 0 Å². The molecule has 0 fully saturated rings. The maximum absolute atomic E-state index is 9.47. The normalized spacial score (nSPS) is 19.0. The van der Waals surface area contributed by atoms with Gasteiger partial charge in [-0.15, -0.1) is 0 Å². The van der Waals surface area contributed by atoms with Gasteiger partial charge in [-0.05, 0) is 31.4 Å².